The molecule has 70 valence electrons. The van der Waals surface area contributed by atoms with Gasteiger partial charge >= 0.3 is 0 Å². The third-order valence-corrected chi connectivity index (χ3v) is 3.21. The van der Waals surface area contributed by atoms with Gasteiger partial charge in [-0.05, 0) is 41.9 Å². The van der Waals surface area contributed by atoms with E-state index in [9.17, 15) is 0 Å². The lowest BCUT2D eigenvalue weighted by Gasteiger charge is -2.14. The maximum absolute atomic E-state index is 6.10. The Hall–Kier alpha value is -0.120. The molecule has 1 aromatic rings. The van der Waals surface area contributed by atoms with Crippen molar-refractivity contribution >= 4 is 27.5 Å². The monoisotopic (exact) mass is 260 g/mol. The summed E-state index contributed by atoms with van der Waals surface area (Å²) in [4.78, 5) is 4.34. The minimum Gasteiger partial charge on any atom is -0.309 e. The van der Waals surface area contributed by atoms with E-state index in [0.29, 0.717) is 0 Å². The highest BCUT2D eigenvalue weighted by molar-refractivity contribution is 9.10. The minimum atomic E-state index is 0.0534. The van der Waals surface area contributed by atoms with Crippen LogP contribution < -0.4 is 5.32 Å². The van der Waals surface area contributed by atoms with Crippen LogP contribution in [-0.2, 0) is 5.54 Å². The Labute approximate surface area is 90.8 Å². The number of nitrogens with zero attached hydrogens (tertiary/aromatic N) is 1. The summed E-state index contributed by atoms with van der Waals surface area (Å²) in [5.41, 5.74) is 1.03. The standard InChI is InChI=1S/C9H10BrClN2/c1-12-9(2-3-9)8-7(11)4-6(10)5-13-8/h4-5,12H,2-3H2,1H3. The number of hydrogen-bond donors (Lipinski definition) is 1. The summed E-state index contributed by atoms with van der Waals surface area (Å²) >= 11 is 9.44. The predicted molar refractivity (Wildman–Crippen MR) is 56.9 cm³/mol. The van der Waals surface area contributed by atoms with Gasteiger partial charge in [0.1, 0.15) is 0 Å². The molecule has 0 radical (unpaired) electrons. The van der Waals surface area contributed by atoms with Gasteiger partial charge in [0.2, 0.25) is 0 Å². The van der Waals surface area contributed by atoms with Crippen LogP contribution in [0.5, 0.6) is 0 Å². The zero-order valence-electron chi connectivity index (χ0n) is 7.27. The van der Waals surface area contributed by atoms with Crippen LogP contribution in [0.1, 0.15) is 18.5 Å². The molecule has 0 saturated heterocycles. The molecule has 0 spiro atoms. The molecule has 1 heterocycles. The quantitative estimate of drug-likeness (QED) is 0.885. The Morgan fingerprint density at radius 1 is 1.62 bits per heavy atom. The number of nitrogens with one attached hydrogen (secondary N) is 1. The van der Waals surface area contributed by atoms with E-state index in [1.54, 1.807) is 6.20 Å². The molecule has 13 heavy (non-hydrogen) atoms. The van der Waals surface area contributed by atoms with E-state index in [2.05, 4.69) is 26.2 Å². The molecule has 1 aromatic heterocycles. The van der Waals surface area contributed by atoms with Gasteiger partial charge in [0.05, 0.1) is 16.3 Å². The lowest BCUT2D eigenvalue weighted by molar-refractivity contribution is 0.567. The van der Waals surface area contributed by atoms with Crippen molar-refractivity contribution < 1.29 is 0 Å². The van der Waals surface area contributed by atoms with Crippen molar-refractivity contribution in [2.45, 2.75) is 18.4 Å². The van der Waals surface area contributed by atoms with E-state index in [1.165, 1.54) is 0 Å². The van der Waals surface area contributed by atoms with E-state index < -0.39 is 0 Å². The molecule has 0 amide bonds. The van der Waals surface area contributed by atoms with Crippen molar-refractivity contribution in [1.82, 2.24) is 10.3 Å². The summed E-state index contributed by atoms with van der Waals surface area (Å²) in [6.45, 7) is 0. The molecule has 1 aliphatic carbocycles. The van der Waals surface area contributed by atoms with E-state index >= 15 is 0 Å². The zero-order chi connectivity index (χ0) is 9.47. The summed E-state index contributed by atoms with van der Waals surface area (Å²) in [7, 11) is 1.95. The number of aromatic nitrogens is 1. The van der Waals surface area contributed by atoms with Gasteiger partial charge in [0, 0.05) is 10.7 Å². The van der Waals surface area contributed by atoms with Gasteiger partial charge in [0.15, 0.2) is 0 Å². The molecule has 1 saturated carbocycles. The van der Waals surface area contributed by atoms with Crippen molar-refractivity contribution in [3.63, 3.8) is 0 Å². The summed E-state index contributed by atoms with van der Waals surface area (Å²) in [6, 6.07) is 1.89. The molecular weight excluding hydrogens is 251 g/mol. The first-order valence-electron chi connectivity index (χ1n) is 4.18. The van der Waals surface area contributed by atoms with Gasteiger partial charge in [-0.3, -0.25) is 4.98 Å². The smallest absolute Gasteiger partial charge is 0.0791 e. The van der Waals surface area contributed by atoms with E-state index in [4.69, 9.17) is 11.6 Å². The third-order valence-electron chi connectivity index (χ3n) is 2.49. The highest BCUT2D eigenvalue weighted by Crippen LogP contribution is 2.46. The molecule has 1 aliphatic rings. The Morgan fingerprint density at radius 3 is 2.77 bits per heavy atom. The lowest BCUT2D eigenvalue weighted by atomic mass is 10.1. The molecule has 2 nitrogen and oxygen atoms in total. The number of hydrogen-bond acceptors (Lipinski definition) is 2. The van der Waals surface area contributed by atoms with Gasteiger partial charge in [-0.15, -0.1) is 0 Å². The average molecular weight is 262 g/mol. The summed E-state index contributed by atoms with van der Waals surface area (Å²) in [6.07, 6.45) is 4.04. The van der Waals surface area contributed by atoms with Crippen molar-refractivity contribution in [3.8, 4) is 0 Å². The average Bonchev–Trinajstić information content (AvgIpc) is 2.85. The van der Waals surface area contributed by atoms with Crippen molar-refractivity contribution in [3.05, 3.63) is 27.5 Å². The van der Waals surface area contributed by atoms with Crippen LogP contribution in [0.3, 0.4) is 0 Å². The largest absolute Gasteiger partial charge is 0.309 e. The fourth-order valence-electron chi connectivity index (χ4n) is 1.50. The molecular formula is C9H10BrClN2. The van der Waals surface area contributed by atoms with Crippen LogP contribution in [0.15, 0.2) is 16.7 Å². The Kier molecular flexibility index (Phi) is 2.34. The molecule has 0 aliphatic heterocycles. The lowest BCUT2D eigenvalue weighted by Crippen LogP contribution is -2.26. The number of rotatable bonds is 2. The third kappa shape index (κ3) is 1.60. The van der Waals surface area contributed by atoms with E-state index in [0.717, 1.165) is 28.0 Å². The van der Waals surface area contributed by atoms with Crippen LogP contribution in [0.2, 0.25) is 5.02 Å². The Balaban J connectivity index is 2.41. The normalized spacial score (nSPS) is 18.7. The second-order valence-electron chi connectivity index (χ2n) is 3.32. The fourth-order valence-corrected chi connectivity index (χ4v) is 2.31. The van der Waals surface area contributed by atoms with Gasteiger partial charge in [-0.1, -0.05) is 11.6 Å². The molecule has 0 unspecified atom stereocenters. The van der Waals surface area contributed by atoms with Crippen LogP contribution in [0, 0.1) is 0 Å². The highest BCUT2D eigenvalue weighted by atomic mass is 79.9. The SMILES string of the molecule is CNC1(c2ncc(Br)cc2Cl)CC1. The summed E-state index contributed by atoms with van der Waals surface area (Å²) < 4.78 is 0.924. The second-order valence-corrected chi connectivity index (χ2v) is 4.64. The first kappa shape index (κ1) is 9.44. The van der Waals surface area contributed by atoms with Gasteiger partial charge in [-0.2, -0.15) is 0 Å². The van der Waals surface area contributed by atoms with Crippen LogP contribution >= 0.6 is 27.5 Å². The molecule has 0 bridgehead atoms. The Bertz CT molecular complexity index is 336. The number of halogens is 2. The number of pyridine rings is 1. The van der Waals surface area contributed by atoms with Crippen LogP contribution in [0.4, 0.5) is 0 Å². The first-order chi connectivity index (χ1) is 6.18. The van der Waals surface area contributed by atoms with E-state index in [1.807, 2.05) is 13.1 Å². The van der Waals surface area contributed by atoms with Gasteiger partial charge in [-0.25, -0.2) is 0 Å². The predicted octanol–water partition coefficient (Wildman–Crippen LogP) is 2.71. The van der Waals surface area contributed by atoms with Gasteiger partial charge < -0.3 is 5.32 Å². The van der Waals surface area contributed by atoms with Crippen LogP contribution in [-0.4, -0.2) is 12.0 Å². The van der Waals surface area contributed by atoms with Gasteiger partial charge in [0.25, 0.3) is 0 Å². The first-order valence-corrected chi connectivity index (χ1v) is 5.35. The molecule has 2 rings (SSSR count). The van der Waals surface area contributed by atoms with Crippen molar-refractivity contribution in [2.24, 2.45) is 0 Å². The maximum atomic E-state index is 6.10. The Morgan fingerprint density at radius 2 is 2.31 bits per heavy atom. The molecule has 1 N–H and O–H groups in total. The maximum Gasteiger partial charge on any atom is 0.0791 e. The minimum absolute atomic E-state index is 0.0534. The fraction of sp³-hybridized carbons (Fsp3) is 0.444. The molecule has 4 heteroatoms. The summed E-state index contributed by atoms with van der Waals surface area (Å²) in [5, 5.41) is 4.00. The van der Waals surface area contributed by atoms with Crippen molar-refractivity contribution in [2.75, 3.05) is 7.05 Å². The summed E-state index contributed by atoms with van der Waals surface area (Å²) in [5.74, 6) is 0. The second kappa shape index (κ2) is 3.23. The topological polar surface area (TPSA) is 24.9 Å². The van der Waals surface area contributed by atoms with E-state index in [-0.39, 0.29) is 5.54 Å². The molecule has 0 atom stereocenters. The van der Waals surface area contributed by atoms with Crippen molar-refractivity contribution in [1.29, 1.82) is 0 Å². The van der Waals surface area contributed by atoms with Crippen LogP contribution in [0.25, 0.3) is 0 Å². The zero-order valence-corrected chi connectivity index (χ0v) is 9.61. The highest BCUT2D eigenvalue weighted by Gasteiger charge is 2.45. The molecule has 1 fully saturated rings. The molecule has 0 aromatic carbocycles.